The van der Waals surface area contributed by atoms with Gasteiger partial charge in [-0.05, 0) is 35.1 Å². The van der Waals surface area contributed by atoms with E-state index >= 15 is 0 Å². The van der Waals surface area contributed by atoms with Gasteiger partial charge < -0.3 is 14.6 Å². The predicted molar refractivity (Wildman–Crippen MR) is 77.9 cm³/mol. The Morgan fingerprint density at radius 3 is 2.75 bits per heavy atom. The van der Waals surface area contributed by atoms with E-state index in [-0.39, 0.29) is 24.0 Å². The first-order valence-electron chi connectivity index (χ1n) is 6.41. The van der Waals surface area contributed by atoms with Crippen LogP contribution >= 0.6 is 15.9 Å². The molecule has 106 valence electrons. The van der Waals surface area contributed by atoms with Crippen LogP contribution in [0.3, 0.4) is 0 Å². The molecule has 0 bridgehead atoms. The molecule has 1 aromatic rings. The van der Waals surface area contributed by atoms with Gasteiger partial charge in [-0.25, -0.2) is 0 Å². The zero-order valence-corrected chi connectivity index (χ0v) is 12.8. The monoisotopic (exact) mass is 338 g/mol. The van der Waals surface area contributed by atoms with Crippen molar-refractivity contribution in [2.75, 3.05) is 6.79 Å². The first-order chi connectivity index (χ1) is 9.41. The molecule has 5 heteroatoms. The molecule has 2 atom stereocenters. The number of halogens is 1. The number of carbonyl (C=O) groups is 1. The van der Waals surface area contributed by atoms with E-state index in [2.05, 4.69) is 15.9 Å². The number of allylic oxidation sites excluding steroid dienone is 1. The maximum atomic E-state index is 11.2. The summed E-state index contributed by atoms with van der Waals surface area (Å²) in [5.41, 5.74) is 0.766. The van der Waals surface area contributed by atoms with Crippen molar-refractivity contribution >= 4 is 26.4 Å². The van der Waals surface area contributed by atoms with Gasteiger partial charge in [-0.2, -0.15) is 0 Å². The first kappa shape index (κ1) is 13.5. The molecule has 0 amide bonds. The highest BCUT2D eigenvalue weighted by atomic mass is 79.9. The topological polar surface area (TPSA) is 55.8 Å². The van der Waals surface area contributed by atoms with Gasteiger partial charge in [-0.1, -0.05) is 35.9 Å². The molecule has 1 heterocycles. The molecular formula is C15H15BrO4. The van der Waals surface area contributed by atoms with E-state index in [1.807, 2.05) is 38.1 Å². The fourth-order valence-corrected chi connectivity index (χ4v) is 3.29. The number of aliphatic carboxylic acids is 1. The third-order valence-electron chi connectivity index (χ3n) is 4.15. The van der Waals surface area contributed by atoms with Crippen molar-refractivity contribution in [3.8, 4) is 11.5 Å². The van der Waals surface area contributed by atoms with Crippen LogP contribution in [-0.4, -0.2) is 17.9 Å². The van der Waals surface area contributed by atoms with Gasteiger partial charge in [0.05, 0.1) is 5.92 Å². The summed E-state index contributed by atoms with van der Waals surface area (Å²) in [6, 6.07) is 5.69. The van der Waals surface area contributed by atoms with E-state index in [1.165, 1.54) is 0 Å². The van der Waals surface area contributed by atoms with E-state index in [4.69, 9.17) is 9.47 Å². The number of hydrogen-bond donors (Lipinski definition) is 1. The zero-order chi connectivity index (χ0) is 14.5. The minimum atomic E-state index is -0.734. The largest absolute Gasteiger partial charge is 0.481 e. The smallest absolute Gasteiger partial charge is 0.307 e. The van der Waals surface area contributed by atoms with Crippen LogP contribution in [0.15, 0.2) is 24.3 Å². The number of hydrogen-bond acceptors (Lipinski definition) is 3. The van der Waals surface area contributed by atoms with Crippen LogP contribution in [0.2, 0.25) is 0 Å². The molecule has 20 heavy (non-hydrogen) atoms. The van der Waals surface area contributed by atoms with Crippen LogP contribution in [0.1, 0.15) is 19.4 Å². The van der Waals surface area contributed by atoms with Crippen molar-refractivity contribution in [3.63, 3.8) is 0 Å². The number of carboxylic acids is 1. The standard InChI is InChI=1S/C15H15BrO4/c1-15(2)9(13(15)14(17)18)6-10(16)8-3-4-11-12(5-8)20-7-19-11/h3-6,9,13H,7H2,1-2H3,(H,17,18). The molecule has 1 saturated carbocycles. The summed E-state index contributed by atoms with van der Waals surface area (Å²) in [6.45, 7) is 4.20. The summed E-state index contributed by atoms with van der Waals surface area (Å²) >= 11 is 3.53. The Kier molecular flexibility index (Phi) is 3.05. The van der Waals surface area contributed by atoms with Gasteiger partial charge in [0.2, 0.25) is 6.79 Å². The second-order valence-electron chi connectivity index (χ2n) is 5.75. The molecule has 2 aliphatic rings. The molecule has 0 saturated heterocycles. The lowest BCUT2D eigenvalue weighted by molar-refractivity contribution is -0.139. The van der Waals surface area contributed by atoms with Gasteiger partial charge in [-0.15, -0.1) is 0 Å². The summed E-state index contributed by atoms with van der Waals surface area (Å²) in [5.74, 6) is 0.452. The van der Waals surface area contributed by atoms with Crippen LogP contribution in [0.4, 0.5) is 0 Å². The molecule has 0 radical (unpaired) electrons. The average Bonchev–Trinajstić information content (AvgIpc) is 2.76. The second kappa shape index (κ2) is 4.52. The Morgan fingerprint density at radius 2 is 2.10 bits per heavy atom. The van der Waals surface area contributed by atoms with Crippen LogP contribution in [0, 0.1) is 17.3 Å². The average molecular weight is 339 g/mol. The maximum absolute atomic E-state index is 11.2. The lowest BCUT2D eigenvalue weighted by Gasteiger charge is -2.03. The summed E-state index contributed by atoms with van der Waals surface area (Å²) in [5, 5.41) is 9.19. The third kappa shape index (κ3) is 2.10. The van der Waals surface area contributed by atoms with E-state index in [0.29, 0.717) is 0 Å². The quantitative estimate of drug-likeness (QED) is 0.916. The Balaban J connectivity index is 1.85. The van der Waals surface area contributed by atoms with Gasteiger partial charge in [0.1, 0.15) is 0 Å². The molecule has 3 rings (SSSR count). The van der Waals surface area contributed by atoms with E-state index in [1.54, 1.807) is 0 Å². The highest BCUT2D eigenvalue weighted by molar-refractivity contribution is 9.15. The Bertz CT molecular complexity index is 606. The predicted octanol–water partition coefficient (Wildman–Crippen LogP) is 3.51. The van der Waals surface area contributed by atoms with Crippen LogP contribution < -0.4 is 9.47 Å². The highest BCUT2D eigenvalue weighted by Crippen LogP contribution is 2.60. The Hall–Kier alpha value is -1.49. The first-order valence-corrected chi connectivity index (χ1v) is 7.20. The second-order valence-corrected chi connectivity index (χ2v) is 6.60. The van der Waals surface area contributed by atoms with Crippen molar-refractivity contribution in [2.45, 2.75) is 13.8 Å². The van der Waals surface area contributed by atoms with E-state index in [0.717, 1.165) is 21.5 Å². The van der Waals surface area contributed by atoms with Crippen molar-refractivity contribution in [3.05, 3.63) is 29.8 Å². The van der Waals surface area contributed by atoms with Crippen LogP contribution in [-0.2, 0) is 4.79 Å². The number of ether oxygens (including phenoxy) is 2. The molecule has 2 unspecified atom stereocenters. The van der Waals surface area contributed by atoms with Crippen molar-refractivity contribution < 1.29 is 19.4 Å². The van der Waals surface area contributed by atoms with E-state index < -0.39 is 5.97 Å². The summed E-state index contributed by atoms with van der Waals surface area (Å²) in [7, 11) is 0. The molecule has 1 aliphatic heterocycles. The Morgan fingerprint density at radius 1 is 1.40 bits per heavy atom. The molecule has 4 nitrogen and oxygen atoms in total. The number of rotatable bonds is 3. The van der Waals surface area contributed by atoms with Crippen molar-refractivity contribution in [1.29, 1.82) is 0 Å². The molecule has 1 aliphatic carbocycles. The molecule has 1 fully saturated rings. The lowest BCUT2D eigenvalue weighted by Crippen LogP contribution is -2.03. The minimum Gasteiger partial charge on any atom is -0.481 e. The summed E-state index contributed by atoms with van der Waals surface area (Å²) < 4.78 is 11.5. The number of fused-ring (bicyclic) bond motifs is 1. The number of carboxylic acid groups (broad SMARTS) is 1. The lowest BCUT2D eigenvalue weighted by atomic mass is 10.1. The van der Waals surface area contributed by atoms with Gasteiger partial charge in [0.25, 0.3) is 0 Å². The SMILES string of the molecule is CC1(C)C(C=C(Br)c2ccc3c(c2)OCO3)C1C(=O)O. The van der Waals surface area contributed by atoms with Crippen molar-refractivity contribution in [2.24, 2.45) is 17.3 Å². The normalized spacial score (nSPS) is 26.4. The maximum Gasteiger partial charge on any atom is 0.307 e. The minimum absolute atomic E-state index is 0.0415. The molecule has 0 aromatic heterocycles. The van der Waals surface area contributed by atoms with Gasteiger partial charge in [0, 0.05) is 4.48 Å². The summed E-state index contributed by atoms with van der Waals surface area (Å²) in [6.07, 6.45) is 1.98. The Labute approximate surface area is 125 Å². The van der Waals surface area contributed by atoms with Gasteiger partial charge in [0.15, 0.2) is 11.5 Å². The van der Waals surface area contributed by atoms with Crippen LogP contribution in [0.5, 0.6) is 11.5 Å². The molecule has 0 spiro atoms. The van der Waals surface area contributed by atoms with Gasteiger partial charge in [-0.3, -0.25) is 4.79 Å². The summed E-state index contributed by atoms with van der Waals surface area (Å²) in [4.78, 5) is 11.2. The molecular weight excluding hydrogens is 324 g/mol. The number of benzene rings is 1. The van der Waals surface area contributed by atoms with Gasteiger partial charge >= 0.3 is 5.97 Å². The highest BCUT2D eigenvalue weighted by Gasteiger charge is 2.60. The van der Waals surface area contributed by atoms with Crippen LogP contribution in [0.25, 0.3) is 4.48 Å². The fourth-order valence-electron chi connectivity index (χ4n) is 2.76. The van der Waals surface area contributed by atoms with E-state index in [9.17, 15) is 9.90 Å². The molecule has 1 aromatic carbocycles. The zero-order valence-electron chi connectivity index (χ0n) is 11.2. The third-order valence-corrected chi connectivity index (χ3v) is 4.87. The fraction of sp³-hybridized carbons (Fsp3) is 0.400. The molecule has 1 N–H and O–H groups in total. The van der Waals surface area contributed by atoms with Crippen molar-refractivity contribution in [1.82, 2.24) is 0 Å².